The van der Waals surface area contributed by atoms with Gasteiger partial charge in [0.25, 0.3) is 0 Å². The van der Waals surface area contributed by atoms with Gasteiger partial charge in [0.2, 0.25) is 0 Å². The lowest BCUT2D eigenvalue weighted by Gasteiger charge is -2.39. The van der Waals surface area contributed by atoms with Gasteiger partial charge in [0.05, 0.1) is 0 Å². The molecule has 0 bridgehead atoms. The van der Waals surface area contributed by atoms with E-state index in [2.05, 4.69) is 25.7 Å². The van der Waals surface area contributed by atoms with Crippen molar-refractivity contribution in [3.63, 3.8) is 0 Å². The molecular weight excluding hydrogens is 134 g/mol. The highest BCUT2D eigenvalue weighted by Gasteiger charge is 2.30. The number of hydrogen-bond acceptors (Lipinski definition) is 1. The van der Waals surface area contributed by atoms with Gasteiger partial charge in [-0.2, -0.15) is 0 Å². The van der Waals surface area contributed by atoms with Crippen LogP contribution < -0.4 is 5.32 Å². The van der Waals surface area contributed by atoms with Gasteiger partial charge < -0.3 is 5.32 Å². The molecule has 0 saturated heterocycles. The van der Waals surface area contributed by atoms with Crippen molar-refractivity contribution in [1.29, 1.82) is 0 Å². The molecule has 0 aromatic rings. The Morgan fingerprint density at radius 1 is 1.55 bits per heavy atom. The van der Waals surface area contributed by atoms with Crippen LogP contribution in [0.1, 0.15) is 39.5 Å². The van der Waals surface area contributed by atoms with Crippen LogP contribution >= 0.6 is 0 Å². The van der Waals surface area contributed by atoms with E-state index in [1.54, 1.807) is 0 Å². The first kappa shape index (κ1) is 8.79. The van der Waals surface area contributed by atoms with Crippen molar-refractivity contribution in [2.24, 2.45) is 0 Å². The van der Waals surface area contributed by atoms with Crippen LogP contribution in [0.4, 0.5) is 0 Å². The van der Waals surface area contributed by atoms with Crippen molar-refractivity contribution in [1.82, 2.24) is 5.32 Å². The van der Waals surface area contributed by atoms with Gasteiger partial charge in [0.1, 0.15) is 0 Å². The highest BCUT2D eigenvalue weighted by Crippen LogP contribution is 2.30. The highest BCUT2D eigenvalue weighted by atomic mass is 15.0. The summed E-state index contributed by atoms with van der Waals surface area (Å²) in [4.78, 5) is 0. The Kier molecular flexibility index (Phi) is 2.72. The molecule has 1 rings (SSSR count). The van der Waals surface area contributed by atoms with Gasteiger partial charge in [-0.05, 0) is 46.1 Å². The Labute approximate surface area is 69.9 Å². The fraction of sp³-hybridized carbons (Fsp3) is 0.800. The van der Waals surface area contributed by atoms with E-state index in [0.29, 0.717) is 5.54 Å². The van der Waals surface area contributed by atoms with Crippen LogP contribution in [0, 0.1) is 0 Å². The summed E-state index contributed by atoms with van der Waals surface area (Å²) in [5.74, 6) is 0. The molecule has 11 heavy (non-hydrogen) atoms. The summed E-state index contributed by atoms with van der Waals surface area (Å²) < 4.78 is 0. The van der Waals surface area contributed by atoms with E-state index in [4.69, 9.17) is 0 Å². The molecule has 1 aliphatic rings. The topological polar surface area (TPSA) is 12.0 Å². The zero-order chi connectivity index (χ0) is 8.32. The normalized spacial score (nSPS) is 20.9. The first-order chi connectivity index (χ1) is 5.12. The first-order valence-electron chi connectivity index (χ1n) is 4.52. The molecule has 0 aromatic carbocycles. The molecule has 0 atom stereocenters. The molecule has 0 aromatic heterocycles. The summed E-state index contributed by atoms with van der Waals surface area (Å²) in [6.45, 7) is 9.38. The van der Waals surface area contributed by atoms with Crippen molar-refractivity contribution in [3.05, 3.63) is 12.2 Å². The van der Waals surface area contributed by atoms with Gasteiger partial charge in [-0.1, -0.05) is 5.57 Å². The van der Waals surface area contributed by atoms with Gasteiger partial charge in [0, 0.05) is 5.54 Å². The van der Waals surface area contributed by atoms with Gasteiger partial charge >= 0.3 is 0 Å². The molecule has 1 saturated carbocycles. The highest BCUT2D eigenvalue weighted by molar-refractivity contribution is 4.94. The van der Waals surface area contributed by atoms with Gasteiger partial charge in [0.15, 0.2) is 0 Å². The fourth-order valence-corrected chi connectivity index (χ4v) is 1.46. The Bertz CT molecular complexity index is 145. The summed E-state index contributed by atoms with van der Waals surface area (Å²) in [6, 6.07) is 0. The standard InChI is InChI=1S/C10H19N/c1-9(2)5-8-11-10(3)6-4-7-10/h11H,1,4-8H2,2-3H3. The lowest BCUT2D eigenvalue weighted by Crippen LogP contribution is -2.48. The minimum Gasteiger partial charge on any atom is -0.311 e. The molecule has 1 N–H and O–H groups in total. The van der Waals surface area contributed by atoms with Crippen molar-refractivity contribution in [2.75, 3.05) is 6.54 Å². The van der Waals surface area contributed by atoms with Gasteiger partial charge in [-0.3, -0.25) is 0 Å². The molecule has 64 valence electrons. The second-order valence-corrected chi connectivity index (χ2v) is 4.05. The Balaban J connectivity index is 2.07. The summed E-state index contributed by atoms with van der Waals surface area (Å²) in [5.41, 5.74) is 1.75. The lowest BCUT2D eigenvalue weighted by atomic mass is 9.78. The van der Waals surface area contributed by atoms with Gasteiger partial charge in [-0.15, -0.1) is 6.58 Å². The zero-order valence-corrected chi connectivity index (χ0v) is 7.74. The molecule has 0 amide bonds. The Hall–Kier alpha value is -0.300. The van der Waals surface area contributed by atoms with Crippen LogP contribution in [0.3, 0.4) is 0 Å². The monoisotopic (exact) mass is 153 g/mol. The Morgan fingerprint density at radius 3 is 2.55 bits per heavy atom. The minimum atomic E-state index is 0.468. The van der Waals surface area contributed by atoms with E-state index in [-0.39, 0.29) is 0 Å². The molecule has 0 radical (unpaired) electrons. The van der Waals surface area contributed by atoms with Crippen LogP contribution in [-0.2, 0) is 0 Å². The maximum absolute atomic E-state index is 3.88. The number of hydrogen-bond donors (Lipinski definition) is 1. The van der Waals surface area contributed by atoms with Crippen LogP contribution in [0.15, 0.2) is 12.2 Å². The molecule has 0 unspecified atom stereocenters. The molecule has 1 heteroatoms. The third-order valence-electron chi connectivity index (χ3n) is 2.56. The summed E-state index contributed by atoms with van der Waals surface area (Å²) in [5, 5.41) is 3.57. The average Bonchev–Trinajstić information content (AvgIpc) is 1.83. The largest absolute Gasteiger partial charge is 0.311 e. The van der Waals surface area contributed by atoms with Crippen molar-refractivity contribution < 1.29 is 0 Å². The van der Waals surface area contributed by atoms with Crippen molar-refractivity contribution >= 4 is 0 Å². The Morgan fingerprint density at radius 2 is 2.18 bits per heavy atom. The van der Waals surface area contributed by atoms with E-state index >= 15 is 0 Å². The van der Waals surface area contributed by atoms with E-state index in [9.17, 15) is 0 Å². The second kappa shape index (κ2) is 3.40. The molecule has 1 aliphatic carbocycles. The van der Waals surface area contributed by atoms with E-state index < -0.39 is 0 Å². The summed E-state index contributed by atoms with van der Waals surface area (Å²) >= 11 is 0. The smallest absolute Gasteiger partial charge is 0.0153 e. The maximum Gasteiger partial charge on any atom is 0.0153 e. The third kappa shape index (κ3) is 2.66. The van der Waals surface area contributed by atoms with Crippen LogP contribution in [0.25, 0.3) is 0 Å². The summed E-state index contributed by atoms with van der Waals surface area (Å²) in [7, 11) is 0. The predicted molar refractivity (Wildman–Crippen MR) is 49.7 cm³/mol. The predicted octanol–water partition coefficient (Wildman–Crippen LogP) is 2.48. The van der Waals surface area contributed by atoms with Crippen LogP contribution in [-0.4, -0.2) is 12.1 Å². The van der Waals surface area contributed by atoms with Crippen molar-refractivity contribution in [2.45, 2.75) is 45.1 Å². The molecule has 0 spiro atoms. The quantitative estimate of drug-likeness (QED) is 0.612. The van der Waals surface area contributed by atoms with E-state index in [1.165, 1.54) is 24.8 Å². The molecule has 1 nitrogen and oxygen atoms in total. The SMILES string of the molecule is C=C(C)CCNC1(C)CCC1. The molecule has 1 fully saturated rings. The zero-order valence-electron chi connectivity index (χ0n) is 7.74. The fourth-order valence-electron chi connectivity index (χ4n) is 1.46. The van der Waals surface area contributed by atoms with Crippen molar-refractivity contribution in [3.8, 4) is 0 Å². The maximum atomic E-state index is 3.88. The summed E-state index contributed by atoms with van der Waals surface area (Å²) in [6.07, 6.45) is 5.22. The number of nitrogens with one attached hydrogen (secondary N) is 1. The lowest BCUT2D eigenvalue weighted by molar-refractivity contribution is 0.210. The van der Waals surface area contributed by atoms with Gasteiger partial charge in [-0.25, -0.2) is 0 Å². The second-order valence-electron chi connectivity index (χ2n) is 4.05. The van der Waals surface area contributed by atoms with E-state index in [0.717, 1.165) is 13.0 Å². The van der Waals surface area contributed by atoms with Crippen LogP contribution in [0.2, 0.25) is 0 Å². The van der Waals surface area contributed by atoms with Crippen LogP contribution in [0.5, 0.6) is 0 Å². The number of rotatable bonds is 4. The molecular formula is C10H19N. The molecule has 0 heterocycles. The third-order valence-corrected chi connectivity index (χ3v) is 2.56. The minimum absolute atomic E-state index is 0.468. The molecule has 0 aliphatic heterocycles. The van der Waals surface area contributed by atoms with E-state index in [1.807, 2.05) is 0 Å². The first-order valence-corrected chi connectivity index (χ1v) is 4.52. The average molecular weight is 153 g/mol.